The van der Waals surface area contributed by atoms with Crippen LogP contribution in [-0.4, -0.2) is 35.8 Å². The minimum atomic E-state index is -0.555. The zero-order chi connectivity index (χ0) is 15.1. The maximum absolute atomic E-state index is 10.4. The van der Waals surface area contributed by atoms with Crippen LogP contribution in [0.3, 0.4) is 0 Å². The molecular weight excluding hydrogens is 262 g/mol. The highest BCUT2D eigenvalue weighted by atomic mass is 16.3. The van der Waals surface area contributed by atoms with E-state index in [1.165, 1.54) is 32.1 Å². The van der Waals surface area contributed by atoms with E-state index >= 15 is 0 Å². The van der Waals surface area contributed by atoms with E-state index in [1.54, 1.807) is 0 Å². The lowest BCUT2D eigenvalue weighted by atomic mass is 9.84. The molecule has 2 saturated carbocycles. The fourth-order valence-electron chi connectivity index (χ4n) is 3.72. The Kier molecular flexibility index (Phi) is 6.34. The Labute approximate surface area is 129 Å². The van der Waals surface area contributed by atoms with Crippen LogP contribution < -0.4 is 10.6 Å². The number of aliphatic hydroxyl groups is 1. The van der Waals surface area contributed by atoms with Crippen molar-refractivity contribution in [2.45, 2.75) is 83.3 Å². The second-order valence-corrected chi connectivity index (χ2v) is 6.91. The molecule has 0 spiro atoms. The summed E-state index contributed by atoms with van der Waals surface area (Å²) in [5.74, 6) is 1.75. The van der Waals surface area contributed by atoms with Gasteiger partial charge in [-0.2, -0.15) is 0 Å². The van der Waals surface area contributed by atoms with Gasteiger partial charge in [-0.3, -0.25) is 4.99 Å². The summed E-state index contributed by atoms with van der Waals surface area (Å²) >= 11 is 0. The van der Waals surface area contributed by atoms with Gasteiger partial charge in [-0.15, -0.1) is 0 Å². The molecule has 0 radical (unpaired) electrons. The summed E-state index contributed by atoms with van der Waals surface area (Å²) in [7, 11) is 0. The van der Waals surface area contributed by atoms with Gasteiger partial charge in [-0.25, -0.2) is 0 Å². The number of hydrogen-bond donors (Lipinski definition) is 3. The van der Waals surface area contributed by atoms with Gasteiger partial charge in [0.25, 0.3) is 0 Å². The fourth-order valence-corrected chi connectivity index (χ4v) is 3.72. The predicted octanol–water partition coefficient (Wildman–Crippen LogP) is 2.82. The second-order valence-electron chi connectivity index (χ2n) is 6.91. The maximum Gasteiger partial charge on any atom is 0.191 e. The Morgan fingerprint density at radius 3 is 2.62 bits per heavy atom. The minimum Gasteiger partial charge on any atom is -0.388 e. The van der Waals surface area contributed by atoms with E-state index < -0.39 is 5.60 Å². The molecule has 0 aromatic rings. The monoisotopic (exact) mass is 295 g/mol. The van der Waals surface area contributed by atoms with Crippen molar-refractivity contribution < 1.29 is 5.11 Å². The lowest BCUT2D eigenvalue weighted by molar-refractivity contribution is 0.0574. The van der Waals surface area contributed by atoms with Crippen molar-refractivity contribution in [2.24, 2.45) is 10.9 Å². The first-order valence-electron chi connectivity index (χ1n) is 8.92. The highest BCUT2D eigenvalue weighted by Crippen LogP contribution is 2.29. The molecule has 0 amide bonds. The zero-order valence-electron chi connectivity index (χ0n) is 13.8. The summed E-state index contributed by atoms with van der Waals surface area (Å²) in [6, 6.07) is 0.541. The molecule has 122 valence electrons. The molecule has 2 aliphatic carbocycles. The first-order chi connectivity index (χ1) is 10.1. The third-order valence-electron chi connectivity index (χ3n) is 5.11. The maximum atomic E-state index is 10.4. The zero-order valence-corrected chi connectivity index (χ0v) is 13.8. The molecule has 21 heavy (non-hydrogen) atoms. The summed E-state index contributed by atoms with van der Waals surface area (Å²) in [5, 5.41) is 17.4. The highest BCUT2D eigenvalue weighted by Gasteiger charge is 2.31. The van der Waals surface area contributed by atoms with Crippen molar-refractivity contribution in [1.82, 2.24) is 10.6 Å². The van der Waals surface area contributed by atoms with Crippen LogP contribution in [0, 0.1) is 5.92 Å². The molecule has 4 heteroatoms. The summed E-state index contributed by atoms with van der Waals surface area (Å²) < 4.78 is 0. The molecule has 4 nitrogen and oxygen atoms in total. The quantitative estimate of drug-likeness (QED) is 0.540. The Bertz CT molecular complexity index is 337. The Morgan fingerprint density at radius 2 is 1.95 bits per heavy atom. The van der Waals surface area contributed by atoms with Crippen molar-refractivity contribution in [3.05, 3.63) is 0 Å². The van der Waals surface area contributed by atoms with E-state index in [2.05, 4.69) is 29.5 Å². The van der Waals surface area contributed by atoms with E-state index in [-0.39, 0.29) is 0 Å². The third kappa shape index (κ3) is 5.17. The molecule has 0 heterocycles. The van der Waals surface area contributed by atoms with Crippen LogP contribution in [0.5, 0.6) is 0 Å². The van der Waals surface area contributed by atoms with E-state index in [9.17, 15) is 5.11 Å². The van der Waals surface area contributed by atoms with E-state index in [0.29, 0.717) is 12.6 Å². The Hall–Kier alpha value is -0.770. The van der Waals surface area contributed by atoms with Crippen LogP contribution in [0.4, 0.5) is 0 Å². The highest BCUT2D eigenvalue weighted by molar-refractivity contribution is 5.80. The molecule has 3 N–H and O–H groups in total. The molecule has 0 aromatic heterocycles. The largest absolute Gasteiger partial charge is 0.388 e. The average Bonchev–Trinajstić information content (AvgIpc) is 2.93. The van der Waals surface area contributed by atoms with Crippen LogP contribution >= 0.6 is 0 Å². The van der Waals surface area contributed by atoms with Gasteiger partial charge in [0, 0.05) is 12.6 Å². The summed E-state index contributed by atoms with van der Waals surface area (Å²) in [6.45, 7) is 5.79. The number of rotatable bonds is 5. The third-order valence-corrected chi connectivity index (χ3v) is 5.11. The molecule has 2 rings (SSSR count). The number of aliphatic imine (C=N–C) groups is 1. The summed E-state index contributed by atoms with van der Waals surface area (Å²) in [5.41, 5.74) is -0.555. The standard InChI is InChI=1S/C17H33N3O/c1-3-14-8-7-9-15(12-14)20-16(18-4-2)19-13-17(21)10-5-6-11-17/h14-15,21H,3-13H2,1-2H3,(H2,18,19,20). The Morgan fingerprint density at radius 1 is 1.19 bits per heavy atom. The Balaban J connectivity index is 1.88. The molecule has 0 bridgehead atoms. The molecule has 2 unspecified atom stereocenters. The summed E-state index contributed by atoms with van der Waals surface area (Å²) in [6.07, 6.45) is 10.5. The molecule has 2 atom stereocenters. The second kappa shape index (κ2) is 8.02. The first kappa shape index (κ1) is 16.6. The lowest BCUT2D eigenvalue weighted by Gasteiger charge is -2.30. The fraction of sp³-hybridized carbons (Fsp3) is 0.941. The van der Waals surface area contributed by atoms with Crippen LogP contribution in [0.1, 0.15) is 71.6 Å². The van der Waals surface area contributed by atoms with E-state index in [4.69, 9.17) is 0 Å². The molecule has 2 fully saturated rings. The predicted molar refractivity (Wildman–Crippen MR) is 88.6 cm³/mol. The molecule has 0 aliphatic heterocycles. The topological polar surface area (TPSA) is 56.7 Å². The SMILES string of the molecule is CCNC(=NCC1(O)CCCC1)NC1CCCC(CC)C1. The van der Waals surface area contributed by atoms with Gasteiger partial charge in [-0.1, -0.05) is 39.0 Å². The number of nitrogens with one attached hydrogen (secondary N) is 2. The van der Waals surface area contributed by atoms with Crippen LogP contribution in [0.15, 0.2) is 4.99 Å². The average molecular weight is 295 g/mol. The van der Waals surface area contributed by atoms with Crippen LogP contribution in [0.25, 0.3) is 0 Å². The van der Waals surface area contributed by atoms with Crippen molar-refractivity contribution >= 4 is 5.96 Å². The van der Waals surface area contributed by atoms with Gasteiger partial charge in [0.05, 0.1) is 12.1 Å². The van der Waals surface area contributed by atoms with Crippen molar-refractivity contribution in [1.29, 1.82) is 0 Å². The molecule has 0 saturated heterocycles. The van der Waals surface area contributed by atoms with Gasteiger partial charge >= 0.3 is 0 Å². The van der Waals surface area contributed by atoms with Crippen molar-refractivity contribution in [3.8, 4) is 0 Å². The number of hydrogen-bond acceptors (Lipinski definition) is 2. The number of guanidine groups is 1. The van der Waals surface area contributed by atoms with E-state index in [0.717, 1.165) is 44.1 Å². The van der Waals surface area contributed by atoms with Crippen molar-refractivity contribution in [2.75, 3.05) is 13.1 Å². The van der Waals surface area contributed by atoms with Crippen LogP contribution in [0.2, 0.25) is 0 Å². The van der Waals surface area contributed by atoms with Gasteiger partial charge in [0.15, 0.2) is 5.96 Å². The van der Waals surface area contributed by atoms with E-state index in [1.807, 2.05) is 0 Å². The van der Waals surface area contributed by atoms with Crippen molar-refractivity contribution in [3.63, 3.8) is 0 Å². The smallest absolute Gasteiger partial charge is 0.191 e. The summed E-state index contributed by atoms with van der Waals surface area (Å²) in [4.78, 5) is 4.66. The van der Waals surface area contributed by atoms with Crippen LogP contribution in [-0.2, 0) is 0 Å². The van der Waals surface area contributed by atoms with Gasteiger partial charge in [0.2, 0.25) is 0 Å². The van der Waals surface area contributed by atoms with Gasteiger partial charge < -0.3 is 15.7 Å². The van der Waals surface area contributed by atoms with Gasteiger partial charge in [-0.05, 0) is 38.5 Å². The normalized spacial score (nSPS) is 29.4. The minimum absolute atomic E-state index is 0.534. The number of nitrogens with zero attached hydrogens (tertiary/aromatic N) is 1. The molecule has 2 aliphatic rings. The van der Waals surface area contributed by atoms with Gasteiger partial charge in [0.1, 0.15) is 0 Å². The first-order valence-corrected chi connectivity index (χ1v) is 8.92. The molecular formula is C17H33N3O. The lowest BCUT2D eigenvalue weighted by Crippen LogP contribution is -2.46. The molecule has 0 aromatic carbocycles.